The largest absolute Gasteiger partial charge is 0.408 e. The number of alkyl halides is 3. The van der Waals surface area contributed by atoms with Crippen molar-refractivity contribution in [3.05, 3.63) is 53.5 Å². The average Bonchev–Trinajstić information content (AvgIpc) is 3.50. The van der Waals surface area contributed by atoms with Gasteiger partial charge in [0.1, 0.15) is 11.9 Å². The van der Waals surface area contributed by atoms with Crippen molar-refractivity contribution >= 4 is 17.7 Å². The lowest BCUT2D eigenvalue weighted by Crippen LogP contribution is -2.38. The van der Waals surface area contributed by atoms with E-state index < -0.39 is 24.0 Å². The van der Waals surface area contributed by atoms with E-state index in [4.69, 9.17) is 11.5 Å². The summed E-state index contributed by atoms with van der Waals surface area (Å²) in [4.78, 5) is 24.2. The number of nitrogens with zero attached hydrogens (tertiary/aromatic N) is 3. The van der Waals surface area contributed by atoms with Gasteiger partial charge >= 0.3 is 6.18 Å². The molecule has 3 aromatic rings. The van der Waals surface area contributed by atoms with E-state index in [9.17, 15) is 18.0 Å². The number of nitrogen functional groups attached to an aromatic ring is 1. The molecule has 164 valence electrons. The van der Waals surface area contributed by atoms with Crippen LogP contribution in [0.1, 0.15) is 34.3 Å². The van der Waals surface area contributed by atoms with Crippen LogP contribution < -0.4 is 16.8 Å². The SMILES string of the molecule is NC(=O)c1cnc(N[C@H](C2CC2)C(F)(F)F)c2c1Cc1cc(-c3cnc(N)nc3)ccc1-2. The first kappa shape index (κ1) is 20.2. The smallest absolute Gasteiger partial charge is 0.368 e. The first-order valence-electron chi connectivity index (χ1n) is 10.1. The highest BCUT2D eigenvalue weighted by Gasteiger charge is 2.49. The van der Waals surface area contributed by atoms with Crippen molar-refractivity contribution in [1.82, 2.24) is 15.0 Å². The lowest BCUT2D eigenvalue weighted by atomic mass is 10.0. The Morgan fingerprint density at radius 2 is 1.81 bits per heavy atom. The Kier molecular flexibility index (Phi) is 4.54. The second-order valence-electron chi connectivity index (χ2n) is 8.12. The Hall–Kier alpha value is -3.69. The highest BCUT2D eigenvalue weighted by Crippen LogP contribution is 2.46. The van der Waals surface area contributed by atoms with E-state index >= 15 is 0 Å². The quantitative estimate of drug-likeness (QED) is 0.437. The molecule has 0 radical (unpaired) electrons. The Morgan fingerprint density at radius 1 is 1.09 bits per heavy atom. The second-order valence-corrected chi connectivity index (χ2v) is 8.12. The Balaban J connectivity index is 1.59. The number of hydrogen-bond acceptors (Lipinski definition) is 6. The Labute approximate surface area is 181 Å². The van der Waals surface area contributed by atoms with Gasteiger partial charge in [-0.25, -0.2) is 15.0 Å². The van der Waals surface area contributed by atoms with E-state index in [0.717, 1.165) is 22.3 Å². The van der Waals surface area contributed by atoms with Crippen molar-refractivity contribution < 1.29 is 18.0 Å². The van der Waals surface area contributed by atoms with Crippen molar-refractivity contribution in [2.24, 2.45) is 11.7 Å². The van der Waals surface area contributed by atoms with E-state index in [0.29, 0.717) is 30.4 Å². The summed E-state index contributed by atoms with van der Waals surface area (Å²) in [6.45, 7) is 0. The fourth-order valence-electron chi connectivity index (χ4n) is 4.23. The molecule has 2 aliphatic rings. The summed E-state index contributed by atoms with van der Waals surface area (Å²) in [5, 5.41) is 2.62. The molecule has 5 rings (SSSR count). The average molecular weight is 440 g/mol. The molecule has 0 aliphatic heterocycles. The molecule has 1 aromatic carbocycles. The van der Waals surface area contributed by atoms with Crippen LogP contribution in [0.25, 0.3) is 22.3 Å². The van der Waals surface area contributed by atoms with Crippen LogP contribution in [-0.2, 0) is 6.42 Å². The fourth-order valence-corrected chi connectivity index (χ4v) is 4.23. The van der Waals surface area contributed by atoms with Crippen molar-refractivity contribution in [2.75, 3.05) is 11.1 Å². The predicted octanol–water partition coefficient (Wildman–Crippen LogP) is 3.54. The summed E-state index contributed by atoms with van der Waals surface area (Å²) < 4.78 is 40.9. The van der Waals surface area contributed by atoms with E-state index in [2.05, 4.69) is 20.3 Å². The first-order valence-corrected chi connectivity index (χ1v) is 10.1. The van der Waals surface area contributed by atoms with E-state index in [-0.39, 0.29) is 17.3 Å². The molecule has 10 heteroatoms. The van der Waals surface area contributed by atoms with E-state index in [1.54, 1.807) is 12.4 Å². The minimum atomic E-state index is -4.40. The third-order valence-electron chi connectivity index (χ3n) is 5.94. The minimum Gasteiger partial charge on any atom is -0.368 e. The van der Waals surface area contributed by atoms with Crippen LogP contribution in [0.2, 0.25) is 0 Å². The van der Waals surface area contributed by atoms with Crippen LogP contribution in [-0.4, -0.2) is 33.1 Å². The van der Waals surface area contributed by atoms with Gasteiger partial charge in [0.05, 0.1) is 5.56 Å². The number of primary amides is 1. The van der Waals surface area contributed by atoms with Gasteiger partial charge in [-0.15, -0.1) is 0 Å². The number of pyridine rings is 1. The number of hydrogen-bond donors (Lipinski definition) is 3. The van der Waals surface area contributed by atoms with Crippen LogP contribution >= 0.6 is 0 Å². The summed E-state index contributed by atoms with van der Waals surface area (Å²) in [6.07, 6.45) is 1.43. The van der Waals surface area contributed by atoms with Crippen molar-refractivity contribution in [1.29, 1.82) is 0 Å². The van der Waals surface area contributed by atoms with E-state index in [1.807, 2.05) is 18.2 Å². The molecule has 0 spiro atoms. The zero-order valence-electron chi connectivity index (χ0n) is 16.8. The molecule has 2 aliphatic carbocycles. The summed E-state index contributed by atoms with van der Waals surface area (Å²) in [6, 6.07) is 3.85. The molecule has 2 aromatic heterocycles. The lowest BCUT2D eigenvalue weighted by Gasteiger charge is -2.23. The number of benzene rings is 1. The van der Waals surface area contributed by atoms with Gasteiger partial charge in [0.15, 0.2) is 0 Å². The monoisotopic (exact) mass is 440 g/mol. The van der Waals surface area contributed by atoms with Crippen LogP contribution in [0.4, 0.5) is 24.9 Å². The highest BCUT2D eigenvalue weighted by molar-refractivity contribution is 6.00. The summed E-state index contributed by atoms with van der Waals surface area (Å²) in [5.41, 5.74) is 15.5. The number of rotatable bonds is 5. The number of aromatic nitrogens is 3. The molecule has 0 unspecified atom stereocenters. The molecule has 1 fully saturated rings. The molecule has 1 atom stereocenters. The molecule has 1 saturated carbocycles. The number of nitrogens with one attached hydrogen (secondary N) is 1. The van der Waals surface area contributed by atoms with Gasteiger partial charge < -0.3 is 16.8 Å². The van der Waals surface area contributed by atoms with Gasteiger partial charge in [-0.05, 0) is 47.4 Å². The summed E-state index contributed by atoms with van der Waals surface area (Å²) in [7, 11) is 0. The number of nitrogens with two attached hydrogens (primary N) is 2. The third-order valence-corrected chi connectivity index (χ3v) is 5.94. The standard InChI is InChI=1S/C22H19F3N6O/c23-22(24,25)18(10-1-2-10)31-20-17-14-4-3-11(13-7-29-21(27)30-8-13)5-12(14)6-15(17)16(9-28-20)19(26)32/h3-5,7-10,18H,1-2,6H2,(H2,26,32)(H,28,31)(H2,27,29,30)/t18-/m1/s1. The Bertz CT molecular complexity index is 1220. The van der Waals surface area contributed by atoms with Gasteiger partial charge in [0.25, 0.3) is 5.91 Å². The molecular weight excluding hydrogens is 421 g/mol. The van der Waals surface area contributed by atoms with Crippen LogP contribution in [0.15, 0.2) is 36.8 Å². The molecule has 0 bridgehead atoms. The number of anilines is 2. The van der Waals surface area contributed by atoms with Gasteiger partial charge in [-0.2, -0.15) is 13.2 Å². The van der Waals surface area contributed by atoms with Crippen LogP contribution in [0.3, 0.4) is 0 Å². The topological polar surface area (TPSA) is 120 Å². The van der Waals surface area contributed by atoms with Gasteiger partial charge in [-0.1, -0.05) is 18.2 Å². The van der Waals surface area contributed by atoms with Crippen molar-refractivity contribution in [3.8, 4) is 22.3 Å². The zero-order chi connectivity index (χ0) is 22.6. The van der Waals surface area contributed by atoms with Gasteiger partial charge in [0.2, 0.25) is 5.95 Å². The third kappa shape index (κ3) is 3.51. The maximum absolute atomic E-state index is 13.6. The minimum absolute atomic E-state index is 0.113. The number of halogens is 3. The maximum Gasteiger partial charge on any atom is 0.408 e. The molecule has 32 heavy (non-hydrogen) atoms. The highest BCUT2D eigenvalue weighted by atomic mass is 19.4. The molecule has 7 nitrogen and oxygen atoms in total. The molecular formula is C22H19F3N6O. The Morgan fingerprint density at radius 3 is 2.44 bits per heavy atom. The van der Waals surface area contributed by atoms with E-state index in [1.165, 1.54) is 6.20 Å². The predicted molar refractivity (Wildman–Crippen MR) is 113 cm³/mol. The number of carbonyl (C=O) groups is 1. The lowest BCUT2D eigenvalue weighted by molar-refractivity contribution is -0.146. The normalized spacial score (nSPS) is 15.7. The fraction of sp³-hybridized carbons (Fsp3) is 0.273. The first-order chi connectivity index (χ1) is 15.2. The molecule has 0 saturated heterocycles. The molecule has 1 amide bonds. The summed E-state index contributed by atoms with van der Waals surface area (Å²) >= 11 is 0. The number of fused-ring (bicyclic) bond motifs is 3. The van der Waals surface area contributed by atoms with Crippen LogP contribution in [0.5, 0.6) is 0 Å². The van der Waals surface area contributed by atoms with Gasteiger partial charge in [-0.3, -0.25) is 4.79 Å². The second kappa shape index (κ2) is 7.18. The summed E-state index contributed by atoms with van der Waals surface area (Å²) in [5.74, 6) is -0.876. The zero-order valence-corrected chi connectivity index (χ0v) is 16.8. The van der Waals surface area contributed by atoms with Crippen LogP contribution in [0, 0.1) is 5.92 Å². The van der Waals surface area contributed by atoms with Gasteiger partial charge in [0, 0.05) is 29.7 Å². The number of carbonyl (C=O) groups excluding carboxylic acids is 1. The molecule has 2 heterocycles. The molecule has 5 N–H and O–H groups in total. The number of amides is 1. The van der Waals surface area contributed by atoms with Crippen molar-refractivity contribution in [3.63, 3.8) is 0 Å². The van der Waals surface area contributed by atoms with Crippen molar-refractivity contribution in [2.45, 2.75) is 31.5 Å². The maximum atomic E-state index is 13.6.